The van der Waals surface area contributed by atoms with Crippen LogP contribution in [0.5, 0.6) is 0 Å². The summed E-state index contributed by atoms with van der Waals surface area (Å²) < 4.78 is 39.7. The highest BCUT2D eigenvalue weighted by molar-refractivity contribution is 7.92. The number of nitrogens with one attached hydrogen (secondary N) is 1. The molecule has 0 unspecified atom stereocenters. The number of halogens is 2. The lowest BCUT2D eigenvalue weighted by Gasteiger charge is -2.12. The predicted molar refractivity (Wildman–Crippen MR) is 77.8 cm³/mol. The van der Waals surface area contributed by atoms with Gasteiger partial charge in [-0.1, -0.05) is 11.6 Å². The maximum absolute atomic E-state index is 12.8. The topological polar surface area (TPSA) is 72.2 Å². The predicted octanol–water partition coefficient (Wildman–Crippen LogP) is 3.17. The highest BCUT2D eigenvalue weighted by Gasteiger charge is 2.19. The number of sulfonamides is 1. The van der Waals surface area contributed by atoms with E-state index in [1.807, 2.05) is 0 Å². The highest BCUT2D eigenvalue weighted by Crippen LogP contribution is 2.27. The zero-order valence-corrected chi connectivity index (χ0v) is 12.1. The maximum Gasteiger partial charge on any atom is 0.262 e. The first kappa shape index (κ1) is 14.6. The van der Waals surface area contributed by atoms with Gasteiger partial charge < -0.3 is 5.73 Å². The molecule has 0 aliphatic heterocycles. The summed E-state index contributed by atoms with van der Waals surface area (Å²) >= 11 is 5.83. The monoisotopic (exact) mass is 314 g/mol. The van der Waals surface area contributed by atoms with Crippen molar-refractivity contribution >= 4 is 33.0 Å². The fraction of sp³-hybridized carbons (Fsp3) is 0.0769. The second-order valence-corrected chi connectivity index (χ2v) is 6.32. The van der Waals surface area contributed by atoms with E-state index in [0.717, 1.165) is 12.1 Å². The summed E-state index contributed by atoms with van der Waals surface area (Å²) in [5.41, 5.74) is 6.65. The molecule has 3 N–H and O–H groups in total. The van der Waals surface area contributed by atoms with Crippen molar-refractivity contribution in [2.45, 2.75) is 11.8 Å². The Morgan fingerprint density at radius 1 is 1.20 bits per heavy atom. The van der Waals surface area contributed by atoms with Crippen molar-refractivity contribution in [3.63, 3.8) is 0 Å². The Kier molecular flexibility index (Phi) is 3.87. The summed E-state index contributed by atoms with van der Waals surface area (Å²) in [7, 11) is -3.84. The maximum atomic E-state index is 12.8. The van der Waals surface area contributed by atoms with Crippen LogP contribution in [0.15, 0.2) is 41.3 Å². The van der Waals surface area contributed by atoms with Gasteiger partial charge >= 0.3 is 0 Å². The summed E-state index contributed by atoms with van der Waals surface area (Å²) in [5, 5.41) is 0.229. The van der Waals surface area contributed by atoms with Crippen LogP contribution >= 0.6 is 11.6 Å². The van der Waals surface area contributed by atoms with E-state index in [1.165, 1.54) is 24.3 Å². The Hall–Kier alpha value is -1.79. The van der Waals surface area contributed by atoms with E-state index in [2.05, 4.69) is 4.72 Å². The zero-order valence-electron chi connectivity index (χ0n) is 10.5. The summed E-state index contributed by atoms with van der Waals surface area (Å²) in [5.74, 6) is -0.448. The normalized spacial score (nSPS) is 11.3. The Balaban J connectivity index is 2.43. The van der Waals surface area contributed by atoms with Gasteiger partial charge in [-0.3, -0.25) is 4.72 Å². The molecule has 106 valence electrons. The van der Waals surface area contributed by atoms with Gasteiger partial charge in [0.15, 0.2) is 0 Å². The molecular formula is C13H12ClFN2O2S. The number of hydrogen-bond acceptors (Lipinski definition) is 3. The third kappa shape index (κ3) is 3.02. The minimum Gasteiger partial charge on any atom is -0.398 e. The van der Waals surface area contributed by atoms with Crippen LogP contribution in [-0.2, 0) is 10.0 Å². The molecule has 0 aliphatic rings. The molecule has 0 fully saturated rings. The van der Waals surface area contributed by atoms with E-state index in [0.29, 0.717) is 5.56 Å². The first-order valence-electron chi connectivity index (χ1n) is 5.63. The van der Waals surface area contributed by atoms with Crippen LogP contribution in [-0.4, -0.2) is 8.42 Å². The minimum absolute atomic E-state index is 0.00757. The van der Waals surface area contributed by atoms with Crippen molar-refractivity contribution in [2.24, 2.45) is 0 Å². The van der Waals surface area contributed by atoms with Gasteiger partial charge in [0, 0.05) is 16.4 Å². The van der Waals surface area contributed by atoms with Crippen LogP contribution in [0.25, 0.3) is 0 Å². The van der Waals surface area contributed by atoms with Gasteiger partial charge in [0.25, 0.3) is 10.0 Å². The molecule has 20 heavy (non-hydrogen) atoms. The first-order valence-corrected chi connectivity index (χ1v) is 7.50. The summed E-state index contributed by atoms with van der Waals surface area (Å²) in [6, 6.07) is 7.78. The quantitative estimate of drug-likeness (QED) is 0.855. The lowest BCUT2D eigenvalue weighted by atomic mass is 10.2. The molecule has 0 atom stereocenters. The van der Waals surface area contributed by atoms with Crippen LogP contribution in [0, 0.1) is 12.7 Å². The molecule has 0 saturated carbocycles. The second-order valence-electron chi connectivity index (χ2n) is 4.23. The molecule has 0 amide bonds. The smallest absolute Gasteiger partial charge is 0.262 e. The first-order chi connectivity index (χ1) is 9.29. The molecule has 0 heterocycles. The van der Waals surface area contributed by atoms with Crippen molar-refractivity contribution in [2.75, 3.05) is 10.5 Å². The Bertz CT molecular complexity index is 746. The van der Waals surface area contributed by atoms with Crippen molar-refractivity contribution in [3.05, 3.63) is 52.8 Å². The Morgan fingerprint density at radius 3 is 2.40 bits per heavy atom. The van der Waals surface area contributed by atoms with Crippen LogP contribution in [0.2, 0.25) is 5.02 Å². The van der Waals surface area contributed by atoms with E-state index >= 15 is 0 Å². The van der Waals surface area contributed by atoms with E-state index in [1.54, 1.807) is 6.92 Å². The van der Waals surface area contributed by atoms with Crippen molar-refractivity contribution in [1.82, 2.24) is 0 Å². The molecule has 4 nitrogen and oxygen atoms in total. The summed E-state index contributed by atoms with van der Waals surface area (Å²) in [4.78, 5) is -0.00757. The molecule has 2 rings (SSSR count). The summed E-state index contributed by atoms with van der Waals surface area (Å²) in [6.07, 6.45) is 0. The fourth-order valence-corrected chi connectivity index (χ4v) is 3.33. The van der Waals surface area contributed by atoms with Crippen molar-refractivity contribution < 1.29 is 12.8 Å². The number of benzene rings is 2. The van der Waals surface area contributed by atoms with Crippen LogP contribution < -0.4 is 10.5 Å². The fourth-order valence-electron chi connectivity index (χ4n) is 1.68. The minimum atomic E-state index is -3.84. The second kappa shape index (κ2) is 5.30. The average Bonchev–Trinajstić information content (AvgIpc) is 2.36. The third-order valence-electron chi connectivity index (χ3n) is 2.75. The van der Waals surface area contributed by atoms with Crippen molar-refractivity contribution in [3.8, 4) is 0 Å². The van der Waals surface area contributed by atoms with E-state index in [4.69, 9.17) is 17.3 Å². The molecule has 0 aliphatic carbocycles. The van der Waals surface area contributed by atoms with E-state index in [9.17, 15) is 12.8 Å². The molecule has 0 radical (unpaired) electrons. The van der Waals surface area contributed by atoms with Gasteiger partial charge in [0.1, 0.15) is 5.82 Å². The number of nitrogens with two attached hydrogens (primary N) is 1. The molecule has 0 saturated heterocycles. The van der Waals surface area contributed by atoms with E-state index < -0.39 is 15.8 Å². The average molecular weight is 315 g/mol. The van der Waals surface area contributed by atoms with Gasteiger partial charge in [-0.2, -0.15) is 0 Å². The van der Waals surface area contributed by atoms with Crippen LogP contribution in [0.1, 0.15) is 5.56 Å². The molecule has 2 aromatic rings. The lowest BCUT2D eigenvalue weighted by Crippen LogP contribution is -2.15. The Morgan fingerprint density at radius 2 is 1.80 bits per heavy atom. The molecule has 0 aromatic heterocycles. The van der Waals surface area contributed by atoms with E-state index in [-0.39, 0.29) is 21.3 Å². The van der Waals surface area contributed by atoms with Gasteiger partial charge in [-0.25, -0.2) is 12.8 Å². The molecule has 0 spiro atoms. The molecule has 0 bridgehead atoms. The van der Waals surface area contributed by atoms with Crippen LogP contribution in [0.4, 0.5) is 15.8 Å². The molecule has 7 heteroatoms. The number of anilines is 2. The van der Waals surface area contributed by atoms with Crippen LogP contribution in [0.3, 0.4) is 0 Å². The molecular weight excluding hydrogens is 303 g/mol. The Labute approximate surface area is 121 Å². The van der Waals surface area contributed by atoms with Gasteiger partial charge in [-0.15, -0.1) is 0 Å². The standard InChI is InChI=1S/C13H12ClFN2O2S/c1-8-12(16)6-9(14)7-13(8)20(18,19)17-11-4-2-10(15)3-5-11/h2-7,17H,16H2,1H3. The van der Waals surface area contributed by atoms with Gasteiger partial charge in [-0.05, 0) is 48.9 Å². The zero-order chi connectivity index (χ0) is 14.9. The largest absolute Gasteiger partial charge is 0.398 e. The number of hydrogen-bond donors (Lipinski definition) is 2. The molecule has 2 aromatic carbocycles. The summed E-state index contributed by atoms with van der Waals surface area (Å²) in [6.45, 7) is 1.59. The SMILES string of the molecule is Cc1c(N)cc(Cl)cc1S(=O)(=O)Nc1ccc(F)cc1. The van der Waals surface area contributed by atoms with Crippen molar-refractivity contribution in [1.29, 1.82) is 0 Å². The number of nitrogen functional groups attached to an aromatic ring is 1. The van der Waals surface area contributed by atoms with Gasteiger partial charge in [0.2, 0.25) is 0 Å². The highest BCUT2D eigenvalue weighted by atomic mass is 35.5. The van der Waals surface area contributed by atoms with Gasteiger partial charge in [0.05, 0.1) is 4.90 Å². The lowest BCUT2D eigenvalue weighted by molar-refractivity contribution is 0.600. The number of rotatable bonds is 3. The third-order valence-corrected chi connectivity index (χ3v) is 4.48.